The van der Waals surface area contributed by atoms with Gasteiger partial charge in [0.1, 0.15) is 0 Å². The lowest BCUT2D eigenvalue weighted by Gasteiger charge is -2.08. The van der Waals surface area contributed by atoms with E-state index in [-0.39, 0.29) is 0 Å². The molecule has 0 saturated heterocycles. The van der Waals surface area contributed by atoms with Gasteiger partial charge in [-0.3, -0.25) is 0 Å². The molecule has 3 aromatic heterocycles. The summed E-state index contributed by atoms with van der Waals surface area (Å²) in [5.74, 6) is 0. The number of para-hydroxylation sites is 2. The lowest BCUT2D eigenvalue weighted by atomic mass is 10.1. The highest BCUT2D eigenvalue weighted by Gasteiger charge is 2.12. The molecule has 3 nitrogen and oxygen atoms in total. The van der Waals surface area contributed by atoms with E-state index in [2.05, 4.69) is 82.1 Å². The van der Waals surface area contributed by atoms with Crippen LogP contribution in [0.25, 0.3) is 45.0 Å². The molecular formula is C26H23N3. The number of fused-ring (bicyclic) bond motifs is 4. The lowest BCUT2D eigenvalue weighted by molar-refractivity contribution is 0.664. The molecule has 29 heavy (non-hydrogen) atoms. The van der Waals surface area contributed by atoms with Crippen molar-refractivity contribution in [2.24, 2.45) is 0 Å². The average molecular weight is 377 g/mol. The van der Waals surface area contributed by atoms with Gasteiger partial charge in [-0.1, -0.05) is 55.8 Å². The van der Waals surface area contributed by atoms with Crippen molar-refractivity contribution in [1.82, 2.24) is 14.5 Å². The molecule has 0 atom stereocenters. The van der Waals surface area contributed by atoms with Crippen LogP contribution in [-0.2, 0) is 6.54 Å². The topological polar surface area (TPSA) is 30.7 Å². The summed E-state index contributed by atoms with van der Waals surface area (Å²) in [5.41, 5.74) is 5.54. The second kappa shape index (κ2) is 7.51. The van der Waals surface area contributed by atoms with Crippen LogP contribution in [0.15, 0.2) is 72.9 Å². The second-order valence-corrected chi connectivity index (χ2v) is 7.39. The Hall–Kier alpha value is -3.46. The van der Waals surface area contributed by atoms with E-state index in [1.165, 1.54) is 40.2 Å². The Bertz CT molecular complexity index is 1340. The molecule has 0 saturated carbocycles. The zero-order valence-electron chi connectivity index (χ0n) is 16.5. The smallest absolute Gasteiger partial charge is 0.159 e. The molecule has 3 heterocycles. The molecule has 2 aromatic carbocycles. The van der Waals surface area contributed by atoms with Gasteiger partial charge in [-0.05, 0) is 48.4 Å². The predicted molar refractivity (Wildman–Crippen MR) is 123 cm³/mol. The molecule has 142 valence electrons. The second-order valence-electron chi connectivity index (χ2n) is 7.39. The number of aryl methyl sites for hydroxylation is 1. The van der Waals surface area contributed by atoms with Gasteiger partial charge in [-0.25, -0.2) is 9.97 Å². The van der Waals surface area contributed by atoms with Crippen molar-refractivity contribution < 1.29 is 0 Å². The van der Waals surface area contributed by atoms with E-state index >= 15 is 0 Å². The first kappa shape index (κ1) is 17.6. The maximum absolute atomic E-state index is 4.68. The van der Waals surface area contributed by atoms with Crippen molar-refractivity contribution in [3.8, 4) is 0 Å². The van der Waals surface area contributed by atoms with Crippen molar-refractivity contribution in [1.29, 1.82) is 0 Å². The van der Waals surface area contributed by atoms with Crippen LogP contribution < -0.4 is 0 Å². The molecule has 3 heteroatoms. The van der Waals surface area contributed by atoms with Crippen LogP contribution in [-0.4, -0.2) is 14.5 Å². The Morgan fingerprint density at radius 3 is 2.69 bits per heavy atom. The molecule has 0 spiro atoms. The minimum absolute atomic E-state index is 0.782. The molecule has 0 aliphatic rings. The standard InChI is InChI=1S/C26H23N3/c1-2-3-18-29-24-12-5-4-10-22(24)23-11-6-8-19(25(23)29)13-15-21-16-14-20-9-7-17-27-26(20)28-21/h4-17H,2-3,18H2,1H3. The highest BCUT2D eigenvalue weighted by atomic mass is 15.0. The Balaban J connectivity index is 1.64. The zero-order valence-corrected chi connectivity index (χ0v) is 16.5. The van der Waals surface area contributed by atoms with E-state index in [0.717, 1.165) is 23.3 Å². The minimum atomic E-state index is 0.782. The zero-order chi connectivity index (χ0) is 19.6. The van der Waals surface area contributed by atoms with E-state index < -0.39 is 0 Å². The van der Waals surface area contributed by atoms with Crippen molar-refractivity contribution in [3.63, 3.8) is 0 Å². The molecule has 0 radical (unpaired) electrons. The van der Waals surface area contributed by atoms with Crippen LogP contribution in [0, 0.1) is 0 Å². The highest BCUT2D eigenvalue weighted by Crippen LogP contribution is 2.32. The molecule has 0 aliphatic carbocycles. The molecular weight excluding hydrogens is 354 g/mol. The van der Waals surface area contributed by atoms with Gasteiger partial charge in [0.25, 0.3) is 0 Å². The van der Waals surface area contributed by atoms with Crippen LogP contribution in [0.2, 0.25) is 0 Å². The molecule has 5 rings (SSSR count). The van der Waals surface area contributed by atoms with Gasteiger partial charge in [0.05, 0.1) is 11.2 Å². The molecule has 5 aromatic rings. The third-order valence-corrected chi connectivity index (χ3v) is 5.48. The number of unbranched alkanes of at least 4 members (excludes halogenated alkanes) is 1. The summed E-state index contributed by atoms with van der Waals surface area (Å²) < 4.78 is 2.48. The summed E-state index contributed by atoms with van der Waals surface area (Å²) in [6.07, 6.45) is 8.41. The summed E-state index contributed by atoms with van der Waals surface area (Å²) >= 11 is 0. The SMILES string of the molecule is CCCCn1c2ccccc2c2cccc(C=Cc3ccc4cccnc4n3)c21. The van der Waals surface area contributed by atoms with Gasteiger partial charge in [0.15, 0.2) is 5.65 Å². The van der Waals surface area contributed by atoms with Crippen LogP contribution in [0.1, 0.15) is 31.0 Å². The monoisotopic (exact) mass is 377 g/mol. The van der Waals surface area contributed by atoms with E-state index in [1.807, 2.05) is 18.2 Å². The Labute approximate surface area is 170 Å². The average Bonchev–Trinajstić information content (AvgIpc) is 3.10. The molecule has 0 amide bonds. The van der Waals surface area contributed by atoms with Crippen LogP contribution in [0.5, 0.6) is 0 Å². The van der Waals surface area contributed by atoms with Crippen molar-refractivity contribution in [2.45, 2.75) is 26.3 Å². The van der Waals surface area contributed by atoms with Crippen LogP contribution >= 0.6 is 0 Å². The van der Waals surface area contributed by atoms with Crippen LogP contribution in [0.3, 0.4) is 0 Å². The lowest BCUT2D eigenvalue weighted by Crippen LogP contribution is -1.98. The van der Waals surface area contributed by atoms with E-state index in [4.69, 9.17) is 0 Å². The van der Waals surface area contributed by atoms with E-state index in [9.17, 15) is 0 Å². The fourth-order valence-electron chi connectivity index (χ4n) is 4.06. The van der Waals surface area contributed by atoms with Crippen molar-refractivity contribution in [3.05, 3.63) is 84.2 Å². The maximum Gasteiger partial charge on any atom is 0.159 e. The quantitative estimate of drug-likeness (QED) is 0.341. The summed E-state index contributed by atoms with van der Waals surface area (Å²) in [6, 6.07) is 23.4. The third kappa shape index (κ3) is 3.19. The van der Waals surface area contributed by atoms with E-state index in [0.29, 0.717) is 0 Å². The molecule has 0 N–H and O–H groups in total. The van der Waals surface area contributed by atoms with Gasteiger partial charge < -0.3 is 4.57 Å². The summed E-state index contributed by atoms with van der Waals surface area (Å²) in [6.45, 7) is 3.28. The van der Waals surface area contributed by atoms with Gasteiger partial charge in [-0.15, -0.1) is 0 Å². The number of hydrogen-bond acceptors (Lipinski definition) is 2. The number of aromatic nitrogens is 3. The largest absolute Gasteiger partial charge is 0.340 e. The third-order valence-electron chi connectivity index (χ3n) is 5.48. The number of benzene rings is 2. The summed E-state index contributed by atoms with van der Waals surface area (Å²) in [7, 11) is 0. The highest BCUT2D eigenvalue weighted by molar-refractivity contribution is 6.10. The first-order valence-electron chi connectivity index (χ1n) is 10.2. The number of nitrogens with zero attached hydrogens (tertiary/aromatic N) is 3. The van der Waals surface area contributed by atoms with Crippen molar-refractivity contribution in [2.75, 3.05) is 0 Å². The maximum atomic E-state index is 4.68. The fraction of sp³-hybridized carbons (Fsp3) is 0.154. The first-order chi connectivity index (χ1) is 14.3. The van der Waals surface area contributed by atoms with Gasteiger partial charge in [-0.2, -0.15) is 0 Å². The Morgan fingerprint density at radius 2 is 1.76 bits per heavy atom. The number of hydrogen-bond donors (Lipinski definition) is 0. The molecule has 0 aliphatic heterocycles. The summed E-state index contributed by atoms with van der Waals surface area (Å²) in [4.78, 5) is 9.05. The Kier molecular flexibility index (Phi) is 4.57. The first-order valence-corrected chi connectivity index (χ1v) is 10.2. The van der Waals surface area contributed by atoms with E-state index in [1.54, 1.807) is 6.20 Å². The normalized spacial score (nSPS) is 11.9. The minimum Gasteiger partial charge on any atom is -0.340 e. The predicted octanol–water partition coefficient (Wildman–Crippen LogP) is 6.71. The fourth-order valence-corrected chi connectivity index (χ4v) is 4.06. The molecule has 0 fully saturated rings. The molecule has 0 bridgehead atoms. The Morgan fingerprint density at radius 1 is 0.862 bits per heavy atom. The van der Waals surface area contributed by atoms with Gasteiger partial charge >= 0.3 is 0 Å². The van der Waals surface area contributed by atoms with Crippen LogP contribution in [0.4, 0.5) is 0 Å². The van der Waals surface area contributed by atoms with Gasteiger partial charge in [0, 0.05) is 34.4 Å². The van der Waals surface area contributed by atoms with Crippen molar-refractivity contribution >= 4 is 45.0 Å². The summed E-state index contributed by atoms with van der Waals surface area (Å²) in [5, 5.41) is 3.69. The van der Waals surface area contributed by atoms with Gasteiger partial charge in [0.2, 0.25) is 0 Å². The number of rotatable bonds is 5. The number of pyridine rings is 2. The molecule has 0 unspecified atom stereocenters.